The Morgan fingerprint density at radius 3 is 2.25 bits per heavy atom. The van der Waals surface area contributed by atoms with Gasteiger partial charge in [-0.2, -0.15) is 0 Å². The zero-order valence-corrected chi connectivity index (χ0v) is 14.5. The molecule has 130 valence electrons. The number of nitrogens with one attached hydrogen (secondary N) is 1. The summed E-state index contributed by atoms with van der Waals surface area (Å²) in [5, 5.41) is 2.79. The van der Waals surface area contributed by atoms with Gasteiger partial charge in [0.05, 0.1) is 27.0 Å². The van der Waals surface area contributed by atoms with Gasteiger partial charge in [-0.05, 0) is 12.1 Å². The minimum absolute atomic E-state index is 0. The lowest BCUT2D eigenvalue weighted by atomic mass is 10.2. The lowest BCUT2D eigenvalue weighted by molar-refractivity contribution is 0.102. The van der Waals surface area contributed by atoms with E-state index in [9.17, 15) is 4.79 Å². The van der Waals surface area contributed by atoms with E-state index in [1.165, 1.54) is 21.3 Å². The van der Waals surface area contributed by atoms with Crippen LogP contribution in [0.5, 0.6) is 17.2 Å². The third-order valence-corrected chi connectivity index (χ3v) is 3.21. The number of anilines is 1. The summed E-state index contributed by atoms with van der Waals surface area (Å²) in [7, 11) is 4.54. The van der Waals surface area contributed by atoms with E-state index in [0.29, 0.717) is 34.2 Å². The quantitative estimate of drug-likeness (QED) is 0.826. The van der Waals surface area contributed by atoms with Crippen LogP contribution in [0.15, 0.2) is 30.5 Å². The summed E-state index contributed by atoms with van der Waals surface area (Å²) in [6.45, 7) is 0.269. The van der Waals surface area contributed by atoms with Gasteiger partial charge in [0.2, 0.25) is 5.75 Å². The predicted octanol–water partition coefficient (Wildman–Crippen LogP) is 2.24. The fraction of sp³-hybridized carbons (Fsp3) is 0.250. The van der Waals surface area contributed by atoms with Gasteiger partial charge in [-0.1, -0.05) is 0 Å². The summed E-state index contributed by atoms with van der Waals surface area (Å²) in [6.07, 6.45) is 1.55. The van der Waals surface area contributed by atoms with Crippen LogP contribution in [0, 0.1) is 0 Å². The van der Waals surface area contributed by atoms with Gasteiger partial charge >= 0.3 is 0 Å². The van der Waals surface area contributed by atoms with Gasteiger partial charge in [0.25, 0.3) is 5.91 Å². The van der Waals surface area contributed by atoms with Crippen molar-refractivity contribution in [2.45, 2.75) is 6.54 Å². The Labute approximate surface area is 146 Å². The zero-order chi connectivity index (χ0) is 16.8. The Morgan fingerprint density at radius 1 is 1.12 bits per heavy atom. The van der Waals surface area contributed by atoms with E-state index in [1.54, 1.807) is 30.5 Å². The van der Waals surface area contributed by atoms with Gasteiger partial charge in [0.1, 0.15) is 0 Å². The van der Waals surface area contributed by atoms with E-state index in [4.69, 9.17) is 19.9 Å². The largest absolute Gasteiger partial charge is 0.493 e. The fourth-order valence-corrected chi connectivity index (χ4v) is 2.09. The molecule has 1 aromatic heterocycles. The Bertz CT molecular complexity index is 684. The first-order valence-corrected chi connectivity index (χ1v) is 6.89. The molecule has 0 saturated carbocycles. The monoisotopic (exact) mass is 353 g/mol. The number of hydrogen-bond donors (Lipinski definition) is 2. The van der Waals surface area contributed by atoms with Crippen molar-refractivity contribution in [3.05, 3.63) is 41.7 Å². The summed E-state index contributed by atoms with van der Waals surface area (Å²) >= 11 is 0. The van der Waals surface area contributed by atoms with Gasteiger partial charge in [0.15, 0.2) is 11.5 Å². The van der Waals surface area contributed by atoms with Crippen molar-refractivity contribution in [2.24, 2.45) is 5.73 Å². The molecule has 0 radical (unpaired) electrons. The minimum Gasteiger partial charge on any atom is -0.493 e. The number of aromatic nitrogens is 1. The molecule has 0 atom stereocenters. The van der Waals surface area contributed by atoms with E-state index in [1.807, 2.05) is 0 Å². The van der Waals surface area contributed by atoms with Crippen LogP contribution in [-0.2, 0) is 6.54 Å². The van der Waals surface area contributed by atoms with Crippen LogP contribution in [0.25, 0.3) is 0 Å². The number of nitrogens with zero attached hydrogens (tertiary/aromatic N) is 1. The number of hydrogen-bond acceptors (Lipinski definition) is 6. The Kier molecular flexibility index (Phi) is 7.29. The predicted molar refractivity (Wildman–Crippen MR) is 93.4 cm³/mol. The summed E-state index contributed by atoms with van der Waals surface area (Å²) in [5.41, 5.74) is 7.17. The lowest BCUT2D eigenvalue weighted by Gasteiger charge is -2.14. The van der Waals surface area contributed by atoms with Crippen molar-refractivity contribution in [1.82, 2.24) is 4.98 Å². The van der Waals surface area contributed by atoms with E-state index >= 15 is 0 Å². The molecule has 1 amide bonds. The molecule has 0 aliphatic heterocycles. The number of nitrogens with two attached hydrogens (primary N) is 1. The number of benzene rings is 1. The second-order valence-electron chi connectivity index (χ2n) is 4.61. The maximum atomic E-state index is 12.3. The number of rotatable bonds is 6. The first kappa shape index (κ1) is 19.5. The molecule has 1 heterocycles. The molecule has 0 aliphatic rings. The second kappa shape index (κ2) is 8.95. The van der Waals surface area contributed by atoms with E-state index in [2.05, 4.69) is 10.3 Å². The normalized spacial score (nSPS) is 9.67. The molecule has 0 aliphatic carbocycles. The molecule has 2 aromatic rings. The molecule has 0 unspecified atom stereocenters. The molecule has 2 rings (SSSR count). The van der Waals surface area contributed by atoms with Crippen LogP contribution in [-0.4, -0.2) is 32.2 Å². The van der Waals surface area contributed by atoms with Crippen LogP contribution in [0.3, 0.4) is 0 Å². The van der Waals surface area contributed by atoms with Crippen LogP contribution < -0.4 is 25.3 Å². The second-order valence-corrected chi connectivity index (χ2v) is 4.61. The highest BCUT2D eigenvalue weighted by atomic mass is 35.5. The maximum Gasteiger partial charge on any atom is 0.255 e. The number of ether oxygens (including phenoxy) is 3. The smallest absolute Gasteiger partial charge is 0.255 e. The highest BCUT2D eigenvalue weighted by Gasteiger charge is 2.15. The molecular weight excluding hydrogens is 334 g/mol. The van der Waals surface area contributed by atoms with Crippen LogP contribution in [0.2, 0.25) is 0 Å². The zero-order valence-electron chi connectivity index (χ0n) is 13.7. The molecule has 7 nitrogen and oxygen atoms in total. The average Bonchev–Trinajstić information content (AvgIpc) is 2.60. The SMILES string of the molecule is COc1cc(NC(=O)c2ccnc(CN)c2)cc(OC)c1OC.Cl. The first-order chi connectivity index (χ1) is 11.1. The molecule has 0 fully saturated rings. The third-order valence-electron chi connectivity index (χ3n) is 3.21. The van der Waals surface area contributed by atoms with Crippen molar-refractivity contribution >= 4 is 24.0 Å². The van der Waals surface area contributed by atoms with E-state index in [-0.39, 0.29) is 24.9 Å². The standard InChI is InChI=1S/C16H19N3O4.ClH/c1-21-13-7-11(8-14(22-2)15(13)23-3)19-16(20)10-4-5-18-12(6-10)9-17;/h4-8H,9,17H2,1-3H3,(H,19,20);1H. The summed E-state index contributed by atoms with van der Waals surface area (Å²) < 4.78 is 15.8. The number of pyridine rings is 1. The molecule has 24 heavy (non-hydrogen) atoms. The Balaban J connectivity index is 0.00000288. The van der Waals surface area contributed by atoms with E-state index in [0.717, 1.165) is 0 Å². The van der Waals surface area contributed by atoms with Crippen LogP contribution in [0.1, 0.15) is 16.1 Å². The average molecular weight is 354 g/mol. The van der Waals surface area contributed by atoms with Crippen molar-refractivity contribution in [2.75, 3.05) is 26.6 Å². The number of halogens is 1. The highest BCUT2D eigenvalue weighted by molar-refractivity contribution is 6.04. The molecule has 0 spiro atoms. The number of amides is 1. The summed E-state index contributed by atoms with van der Waals surface area (Å²) in [4.78, 5) is 16.4. The highest BCUT2D eigenvalue weighted by Crippen LogP contribution is 2.39. The van der Waals surface area contributed by atoms with Crippen LogP contribution >= 0.6 is 12.4 Å². The van der Waals surface area contributed by atoms with Crippen LogP contribution in [0.4, 0.5) is 5.69 Å². The summed E-state index contributed by atoms with van der Waals surface area (Å²) in [6, 6.07) is 6.58. The third kappa shape index (κ3) is 4.27. The van der Waals surface area contributed by atoms with Crippen molar-refractivity contribution in [3.8, 4) is 17.2 Å². The molecular formula is C16H20ClN3O4. The fourth-order valence-electron chi connectivity index (χ4n) is 2.09. The Morgan fingerprint density at radius 2 is 1.75 bits per heavy atom. The van der Waals surface area contributed by atoms with Crippen molar-refractivity contribution in [3.63, 3.8) is 0 Å². The van der Waals surface area contributed by atoms with Gasteiger partial charge in [0, 0.05) is 36.1 Å². The van der Waals surface area contributed by atoms with Gasteiger partial charge < -0.3 is 25.3 Å². The van der Waals surface area contributed by atoms with Crippen molar-refractivity contribution < 1.29 is 19.0 Å². The van der Waals surface area contributed by atoms with Gasteiger partial charge in [-0.3, -0.25) is 9.78 Å². The van der Waals surface area contributed by atoms with E-state index < -0.39 is 0 Å². The molecule has 0 bridgehead atoms. The molecule has 3 N–H and O–H groups in total. The van der Waals surface area contributed by atoms with Gasteiger partial charge in [-0.25, -0.2) is 0 Å². The minimum atomic E-state index is -0.281. The Hall–Kier alpha value is -2.51. The number of methoxy groups -OCH3 is 3. The van der Waals surface area contributed by atoms with Crippen molar-refractivity contribution in [1.29, 1.82) is 0 Å². The topological polar surface area (TPSA) is 95.7 Å². The molecule has 8 heteroatoms. The maximum absolute atomic E-state index is 12.3. The number of carbonyl (C=O) groups is 1. The summed E-state index contributed by atoms with van der Waals surface area (Å²) in [5.74, 6) is 1.10. The van der Waals surface area contributed by atoms with Gasteiger partial charge in [-0.15, -0.1) is 12.4 Å². The number of carbonyl (C=O) groups excluding carboxylic acids is 1. The molecule has 0 saturated heterocycles. The first-order valence-electron chi connectivity index (χ1n) is 6.89. The molecule has 1 aromatic carbocycles. The lowest BCUT2D eigenvalue weighted by Crippen LogP contribution is -2.13.